The number of aromatic nitrogens is 2. The first-order valence-electron chi connectivity index (χ1n) is 11.6. The molecule has 0 fully saturated rings. The number of nitrogens with zero attached hydrogens (tertiary/aromatic N) is 3. The lowest BCUT2D eigenvalue weighted by Crippen LogP contribution is -2.39. The highest BCUT2D eigenvalue weighted by atomic mass is 35.5. The van der Waals surface area contributed by atoms with E-state index in [2.05, 4.69) is 6.92 Å². The molecule has 1 atom stereocenters. The second kappa shape index (κ2) is 11.7. The van der Waals surface area contributed by atoms with E-state index < -0.39 is 0 Å². The van der Waals surface area contributed by atoms with Crippen LogP contribution in [0.2, 0.25) is 5.02 Å². The third-order valence-electron chi connectivity index (χ3n) is 5.86. The molecule has 33 heavy (non-hydrogen) atoms. The Hall–Kier alpha value is -2.37. The van der Waals surface area contributed by atoms with E-state index in [9.17, 15) is 9.59 Å². The molecular formula is C26H31Cl2N3O2. The number of fused-ring (bicyclic) bond motifs is 1. The molecule has 0 radical (unpaired) electrons. The Morgan fingerprint density at radius 1 is 1.15 bits per heavy atom. The molecule has 7 heteroatoms. The predicted octanol–water partition coefficient (Wildman–Crippen LogP) is 6.45. The van der Waals surface area contributed by atoms with E-state index in [-0.39, 0.29) is 17.5 Å². The van der Waals surface area contributed by atoms with Crippen molar-refractivity contribution in [3.8, 4) is 5.69 Å². The zero-order valence-electron chi connectivity index (χ0n) is 19.5. The second-order valence-corrected chi connectivity index (χ2v) is 9.03. The highest BCUT2D eigenvalue weighted by Gasteiger charge is 2.28. The van der Waals surface area contributed by atoms with Crippen molar-refractivity contribution in [3.05, 3.63) is 69.2 Å². The Labute approximate surface area is 205 Å². The van der Waals surface area contributed by atoms with Crippen molar-refractivity contribution in [2.24, 2.45) is 0 Å². The van der Waals surface area contributed by atoms with Gasteiger partial charge in [-0.25, -0.2) is 4.98 Å². The largest absolute Gasteiger partial charge is 0.333 e. The number of amides is 1. The number of aryl methyl sites for hydroxylation is 1. The number of hydrogen-bond acceptors (Lipinski definition) is 3. The minimum absolute atomic E-state index is 0.0396. The smallest absolute Gasteiger partial charge is 0.266 e. The lowest BCUT2D eigenvalue weighted by atomic mass is 10.1. The number of benzene rings is 2. The van der Waals surface area contributed by atoms with Crippen molar-refractivity contribution in [2.75, 3.05) is 12.4 Å². The van der Waals surface area contributed by atoms with Crippen LogP contribution in [-0.4, -0.2) is 32.8 Å². The number of alkyl halides is 1. The maximum absolute atomic E-state index is 13.8. The van der Waals surface area contributed by atoms with Gasteiger partial charge in [-0.2, -0.15) is 0 Å². The third-order valence-corrected chi connectivity index (χ3v) is 6.36. The molecule has 1 heterocycles. The molecule has 1 amide bonds. The average Bonchev–Trinajstić information content (AvgIpc) is 2.81. The fourth-order valence-electron chi connectivity index (χ4n) is 4.16. The van der Waals surface area contributed by atoms with E-state index in [1.54, 1.807) is 16.7 Å². The Morgan fingerprint density at radius 3 is 2.58 bits per heavy atom. The number of carbonyl (C=O) groups is 1. The number of para-hydroxylation sites is 1. The molecule has 0 spiro atoms. The van der Waals surface area contributed by atoms with Gasteiger partial charge < -0.3 is 4.90 Å². The molecule has 0 saturated carbocycles. The van der Waals surface area contributed by atoms with Crippen molar-refractivity contribution in [3.63, 3.8) is 0 Å². The monoisotopic (exact) mass is 487 g/mol. The van der Waals surface area contributed by atoms with Crippen LogP contribution in [0.25, 0.3) is 16.6 Å². The SMILES string of the molecule is CCCCN(C(=O)CCCCl)C(CC)c1nc2ccccc2c(=O)n1-c1ccc(Cl)cc1C. The van der Waals surface area contributed by atoms with Gasteiger partial charge in [-0.3, -0.25) is 14.2 Å². The van der Waals surface area contributed by atoms with Crippen LogP contribution in [-0.2, 0) is 4.79 Å². The van der Waals surface area contributed by atoms with Crippen molar-refractivity contribution in [1.82, 2.24) is 14.5 Å². The van der Waals surface area contributed by atoms with Crippen LogP contribution in [0, 0.1) is 6.92 Å². The molecule has 0 aliphatic heterocycles. The third kappa shape index (κ3) is 5.59. The van der Waals surface area contributed by atoms with Crippen LogP contribution >= 0.6 is 23.2 Å². The summed E-state index contributed by atoms with van der Waals surface area (Å²) in [7, 11) is 0. The Morgan fingerprint density at radius 2 is 1.91 bits per heavy atom. The summed E-state index contributed by atoms with van der Waals surface area (Å²) < 4.78 is 1.66. The molecule has 5 nitrogen and oxygen atoms in total. The summed E-state index contributed by atoms with van der Waals surface area (Å²) in [6.45, 7) is 6.66. The van der Waals surface area contributed by atoms with Gasteiger partial charge in [0, 0.05) is 23.9 Å². The predicted molar refractivity (Wildman–Crippen MR) is 137 cm³/mol. The number of unbranched alkanes of at least 4 members (excludes halogenated alkanes) is 1. The highest BCUT2D eigenvalue weighted by Crippen LogP contribution is 2.29. The van der Waals surface area contributed by atoms with E-state index in [1.165, 1.54) is 0 Å². The topological polar surface area (TPSA) is 55.2 Å². The second-order valence-electron chi connectivity index (χ2n) is 8.22. The number of carbonyl (C=O) groups excluding carboxylic acids is 1. The average molecular weight is 488 g/mol. The fourth-order valence-corrected chi connectivity index (χ4v) is 4.52. The van der Waals surface area contributed by atoms with E-state index in [0.717, 1.165) is 24.1 Å². The summed E-state index contributed by atoms with van der Waals surface area (Å²) in [5.41, 5.74) is 2.07. The summed E-state index contributed by atoms with van der Waals surface area (Å²) >= 11 is 12.1. The number of hydrogen-bond donors (Lipinski definition) is 0. The molecule has 3 aromatic rings. The fraction of sp³-hybridized carbons (Fsp3) is 0.423. The summed E-state index contributed by atoms with van der Waals surface area (Å²) in [4.78, 5) is 33.8. The van der Waals surface area contributed by atoms with Gasteiger partial charge in [-0.1, -0.05) is 44.0 Å². The van der Waals surface area contributed by atoms with Crippen LogP contribution in [0.3, 0.4) is 0 Å². The van der Waals surface area contributed by atoms with E-state index >= 15 is 0 Å². The normalized spacial score (nSPS) is 12.2. The molecular weight excluding hydrogens is 457 g/mol. The summed E-state index contributed by atoms with van der Waals surface area (Å²) in [5.74, 6) is 1.05. The summed E-state index contributed by atoms with van der Waals surface area (Å²) in [6, 6.07) is 12.5. The zero-order valence-corrected chi connectivity index (χ0v) is 21.0. The number of rotatable bonds is 10. The van der Waals surface area contributed by atoms with E-state index in [1.807, 2.05) is 49.1 Å². The highest BCUT2D eigenvalue weighted by molar-refractivity contribution is 6.30. The standard InChI is InChI=1S/C26H31Cl2N3O2/c1-4-6-16-30(24(32)12-9-15-27)22(5-2)25-29-21-11-8-7-10-20(21)26(33)31(25)23-14-13-19(28)17-18(23)3/h7-8,10-11,13-14,17,22H,4-6,9,12,15-16H2,1-3H3. The van der Waals surface area contributed by atoms with Gasteiger partial charge in [0.2, 0.25) is 5.91 Å². The zero-order chi connectivity index (χ0) is 24.0. The summed E-state index contributed by atoms with van der Waals surface area (Å²) in [6.07, 6.45) is 3.47. The van der Waals surface area contributed by atoms with Crippen LogP contribution < -0.4 is 5.56 Å². The first kappa shape index (κ1) is 25.3. The van der Waals surface area contributed by atoms with Gasteiger partial charge in [0.15, 0.2) is 0 Å². The first-order valence-corrected chi connectivity index (χ1v) is 12.5. The molecule has 0 saturated heterocycles. The van der Waals surface area contributed by atoms with Crippen LogP contribution in [0.5, 0.6) is 0 Å². The first-order chi connectivity index (χ1) is 15.9. The molecule has 1 aromatic heterocycles. The Bertz CT molecular complexity index is 1180. The van der Waals surface area contributed by atoms with Gasteiger partial charge >= 0.3 is 0 Å². The molecule has 0 N–H and O–H groups in total. The van der Waals surface area contributed by atoms with Gasteiger partial charge in [0.05, 0.1) is 22.6 Å². The Kier molecular flexibility index (Phi) is 8.93. The van der Waals surface area contributed by atoms with Gasteiger partial charge in [-0.15, -0.1) is 11.6 Å². The van der Waals surface area contributed by atoms with Crippen molar-refractivity contribution >= 4 is 40.0 Å². The molecule has 3 rings (SSSR count). The number of halogens is 2. The van der Waals surface area contributed by atoms with Crippen LogP contribution in [0.1, 0.15) is 63.4 Å². The molecule has 0 aliphatic carbocycles. The molecule has 2 aromatic carbocycles. The maximum atomic E-state index is 13.8. The molecule has 0 aliphatic rings. The molecule has 0 bridgehead atoms. The van der Waals surface area contributed by atoms with E-state index in [4.69, 9.17) is 28.2 Å². The molecule has 1 unspecified atom stereocenters. The van der Waals surface area contributed by atoms with Crippen molar-refractivity contribution in [1.29, 1.82) is 0 Å². The van der Waals surface area contributed by atoms with E-state index in [0.29, 0.717) is 53.4 Å². The quantitative estimate of drug-likeness (QED) is 0.309. The Balaban J connectivity index is 2.27. The van der Waals surface area contributed by atoms with Crippen LogP contribution in [0.15, 0.2) is 47.3 Å². The van der Waals surface area contributed by atoms with Crippen molar-refractivity contribution in [2.45, 2.75) is 58.9 Å². The lowest BCUT2D eigenvalue weighted by Gasteiger charge is -2.32. The molecule has 176 valence electrons. The summed E-state index contributed by atoms with van der Waals surface area (Å²) in [5, 5.41) is 1.14. The van der Waals surface area contributed by atoms with Gasteiger partial charge in [0.25, 0.3) is 5.56 Å². The minimum atomic E-state index is -0.341. The van der Waals surface area contributed by atoms with Gasteiger partial charge in [-0.05, 0) is 62.1 Å². The maximum Gasteiger partial charge on any atom is 0.266 e. The van der Waals surface area contributed by atoms with Crippen LogP contribution in [0.4, 0.5) is 0 Å². The van der Waals surface area contributed by atoms with Gasteiger partial charge in [0.1, 0.15) is 5.82 Å². The minimum Gasteiger partial charge on any atom is -0.333 e. The van der Waals surface area contributed by atoms with Crippen molar-refractivity contribution < 1.29 is 4.79 Å². The lowest BCUT2D eigenvalue weighted by molar-refractivity contribution is -0.134.